The predicted molar refractivity (Wildman–Crippen MR) is 138 cm³/mol. The molecule has 1 aromatic rings. The van der Waals surface area contributed by atoms with Gasteiger partial charge in [-0.05, 0) is 70.4 Å². The summed E-state index contributed by atoms with van der Waals surface area (Å²) in [7, 11) is 5.53. The molecule has 3 aliphatic heterocycles. The summed E-state index contributed by atoms with van der Waals surface area (Å²) in [6, 6.07) is 6.27. The fourth-order valence-electron chi connectivity index (χ4n) is 7.04. The molecule has 1 saturated carbocycles. The molecule has 1 aliphatic carbocycles. The molecule has 1 saturated heterocycles. The molecule has 0 unspecified atom stereocenters. The number of fused-ring (bicyclic) bond motifs is 4. The summed E-state index contributed by atoms with van der Waals surface area (Å²) >= 11 is 0. The van der Waals surface area contributed by atoms with Gasteiger partial charge >= 0.3 is 0 Å². The summed E-state index contributed by atoms with van der Waals surface area (Å²) in [6.45, 7) is 4.25. The first-order valence-corrected chi connectivity index (χ1v) is 13.4. The topological polar surface area (TPSA) is 68.3 Å². The van der Waals surface area contributed by atoms with Gasteiger partial charge in [0.2, 0.25) is 5.91 Å². The molecule has 35 heavy (non-hydrogen) atoms. The van der Waals surface area contributed by atoms with Crippen LogP contribution in [0.1, 0.15) is 56.4 Å². The maximum atomic E-state index is 13.4. The number of likely N-dealkylation sites (N-methyl/N-ethyl adjacent to an activating group) is 1. The maximum Gasteiger partial charge on any atom is 0.241 e. The van der Waals surface area contributed by atoms with E-state index in [-0.39, 0.29) is 23.8 Å². The van der Waals surface area contributed by atoms with Crippen molar-refractivity contribution in [3.8, 4) is 5.75 Å². The Balaban J connectivity index is 1.46. The normalized spacial score (nSPS) is 24.5. The van der Waals surface area contributed by atoms with Crippen molar-refractivity contribution >= 4 is 11.6 Å². The van der Waals surface area contributed by atoms with Gasteiger partial charge < -0.3 is 29.9 Å². The highest BCUT2D eigenvalue weighted by atomic mass is 16.5. The second-order valence-electron chi connectivity index (χ2n) is 11.4. The lowest BCUT2D eigenvalue weighted by Gasteiger charge is -2.52. The minimum absolute atomic E-state index is 0.0358. The van der Waals surface area contributed by atoms with Gasteiger partial charge in [-0.15, -0.1) is 0 Å². The molecule has 0 radical (unpaired) electrons. The fourth-order valence-corrected chi connectivity index (χ4v) is 7.04. The molecule has 2 fully saturated rings. The molecule has 4 aliphatic rings. The van der Waals surface area contributed by atoms with Crippen molar-refractivity contribution in [2.45, 2.75) is 50.9 Å². The number of anilines is 1. The van der Waals surface area contributed by atoms with Crippen molar-refractivity contribution in [1.82, 2.24) is 14.7 Å². The van der Waals surface area contributed by atoms with Crippen molar-refractivity contribution in [1.29, 1.82) is 0 Å². The number of nitrogens with one attached hydrogen (secondary N) is 1. The number of carbonyl (C=O) groups excluding carboxylic acids is 1. The molecule has 2 N–H and O–H groups in total. The Bertz CT molecular complexity index is 961. The predicted octanol–water partition coefficient (Wildman–Crippen LogP) is 3.47. The molecule has 0 aromatic heterocycles. The number of methoxy groups -OCH3 is 1. The van der Waals surface area contributed by atoms with Crippen LogP contribution < -0.4 is 10.1 Å². The van der Waals surface area contributed by atoms with Gasteiger partial charge in [-0.1, -0.05) is 25.3 Å². The molecule has 192 valence electrons. The number of benzene rings is 1. The van der Waals surface area contributed by atoms with E-state index in [1.807, 2.05) is 36.0 Å². The smallest absolute Gasteiger partial charge is 0.241 e. The van der Waals surface area contributed by atoms with E-state index < -0.39 is 0 Å². The molecule has 7 heteroatoms. The Morgan fingerprint density at radius 1 is 1.20 bits per heavy atom. The Morgan fingerprint density at radius 3 is 2.60 bits per heavy atom. The van der Waals surface area contributed by atoms with Gasteiger partial charge in [0.15, 0.2) is 0 Å². The Hall–Kier alpha value is -2.09. The van der Waals surface area contributed by atoms with E-state index in [1.165, 1.54) is 44.2 Å². The van der Waals surface area contributed by atoms with Crippen LogP contribution in [0, 0.1) is 11.3 Å². The number of rotatable bonds is 6. The first-order valence-electron chi connectivity index (χ1n) is 13.4. The Labute approximate surface area is 210 Å². The standard InChI is InChI=1S/C28H42N4O3/c1-30(2)17-25(34)32-19-28(11-13-31(14-12-28)16-20-7-5-4-6-8-20)26-22-10-9-21(35-3)15-23(22)29-27(26)24(32)18-33/h9-10,15,20,26,29,33H,4-8,11-14,16-19H2,1-3H3/t26-/m0/s1. The van der Waals surface area contributed by atoms with Gasteiger partial charge in [-0.25, -0.2) is 0 Å². The average molecular weight is 483 g/mol. The molecule has 7 nitrogen and oxygen atoms in total. The molecule has 1 aromatic carbocycles. The summed E-state index contributed by atoms with van der Waals surface area (Å²) in [5.74, 6) is 1.90. The highest BCUT2D eigenvalue weighted by Crippen LogP contribution is 2.58. The summed E-state index contributed by atoms with van der Waals surface area (Å²) in [5, 5.41) is 14.1. The maximum absolute atomic E-state index is 13.4. The van der Waals surface area contributed by atoms with Crippen LogP contribution in [-0.4, -0.2) is 86.2 Å². The SMILES string of the molecule is COc1ccc2c(c1)NC1=C(CO)N(C(=O)CN(C)C)CC3(CCN(CC4CCCCC4)CC3)[C@H]12. The van der Waals surface area contributed by atoms with E-state index in [0.29, 0.717) is 13.1 Å². The highest BCUT2D eigenvalue weighted by Gasteiger charge is 2.53. The van der Waals surface area contributed by atoms with Crippen LogP contribution >= 0.6 is 0 Å². The lowest BCUT2D eigenvalue weighted by atomic mass is 9.63. The summed E-state index contributed by atoms with van der Waals surface area (Å²) in [5.41, 5.74) is 4.02. The third-order valence-electron chi connectivity index (χ3n) is 8.85. The molecule has 0 bridgehead atoms. The van der Waals surface area contributed by atoms with Crippen LogP contribution in [0.5, 0.6) is 5.75 Å². The van der Waals surface area contributed by atoms with E-state index in [9.17, 15) is 9.90 Å². The first kappa shape index (κ1) is 24.6. The van der Waals surface area contributed by atoms with Gasteiger partial charge in [0.05, 0.1) is 26.0 Å². The van der Waals surface area contributed by atoms with E-state index in [0.717, 1.165) is 54.7 Å². The Morgan fingerprint density at radius 2 is 1.94 bits per heavy atom. The van der Waals surface area contributed by atoms with E-state index in [2.05, 4.69) is 16.3 Å². The summed E-state index contributed by atoms with van der Waals surface area (Å²) in [4.78, 5) is 19.8. The molecule has 3 heterocycles. The third-order valence-corrected chi connectivity index (χ3v) is 8.85. The number of carbonyl (C=O) groups is 1. The Kier molecular flexibility index (Phi) is 7.11. The van der Waals surface area contributed by atoms with E-state index in [4.69, 9.17) is 4.74 Å². The minimum Gasteiger partial charge on any atom is -0.497 e. The van der Waals surface area contributed by atoms with Crippen molar-refractivity contribution in [3.05, 3.63) is 35.2 Å². The van der Waals surface area contributed by atoms with Crippen LogP contribution in [0.3, 0.4) is 0 Å². The van der Waals surface area contributed by atoms with Crippen LogP contribution in [0.2, 0.25) is 0 Å². The average Bonchev–Trinajstić information content (AvgIpc) is 3.25. The molecular weight excluding hydrogens is 440 g/mol. The molecule has 1 spiro atoms. The van der Waals surface area contributed by atoms with Crippen LogP contribution in [0.15, 0.2) is 29.6 Å². The zero-order valence-electron chi connectivity index (χ0n) is 21.7. The molecular formula is C28H42N4O3. The number of hydrogen-bond donors (Lipinski definition) is 2. The van der Waals surface area contributed by atoms with Gasteiger partial charge in [0.25, 0.3) is 0 Å². The second kappa shape index (κ2) is 10.1. The van der Waals surface area contributed by atoms with Crippen molar-refractivity contribution in [2.75, 3.05) is 65.9 Å². The quantitative estimate of drug-likeness (QED) is 0.647. The van der Waals surface area contributed by atoms with Gasteiger partial charge in [0, 0.05) is 41.9 Å². The van der Waals surface area contributed by atoms with Gasteiger partial charge in [0.1, 0.15) is 5.75 Å². The van der Waals surface area contributed by atoms with Crippen molar-refractivity contribution < 1.29 is 14.6 Å². The number of ether oxygens (including phenoxy) is 1. The molecule has 5 rings (SSSR count). The van der Waals surface area contributed by atoms with Crippen LogP contribution in [-0.2, 0) is 4.79 Å². The largest absolute Gasteiger partial charge is 0.497 e. The zero-order chi connectivity index (χ0) is 24.6. The monoisotopic (exact) mass is 482 g/mol. The van der Waals surface area contributed by atoms with Gasteiger partial charge in [-0.3, -0.25) is 4.79 Å². The highest BCUT2D eigenvalue weighted by molar-refractivity contribution is 5.82. The summed E-state index contributed by atoms with van der Waals surface area (Å²) in [6.07, 6.45) is 9.05. The zero-order valence-corrected chi connectivity index (χ0v) is 21.7. The van der Waals surface area contributed by atoms with Crippen LogP contribution in [0.4, 0.5) is 5.69 Å². The second-order valence-corrected chi connectivity index (χ2v) is 11.4. The van der Waals surface area contributed by atoms with Crippen molar-refractivity contribution in [2.24, 2.45) is 11.3 Å². The third kappa shape index (κ3) is 4.70. The van der Waals surface area contributed by atoms with Crippen molar-refractivity contribution in [3.63, 3.8) is 0 Å². The molecule has 1 atom stereocenters. The number of aliphatic hydroxyl groups is 1. The van der Waals surface area contributed by atoms with Gasteiger partial charge in [-0.2, -0.15) is 0 Å². The summed E-state index contributed by atoms with van der Waals surface area (Å²) < 4.78 is 5.49. The number of likely N-dealkylation sites (tertiary alicyclic amines) is 1. The fraction of sp³-hybridized carbons (Fsp3) is 0.679. The first-order chi connectivity index (χ1) is 16.9. The lowest BCUT2D eigenvalue weighted by molar-refractivity contribution is -0.133. The number of aliphatic hydroxyl groups excluding tert-OH is 1. The number of allylic oxidation sites excluding steroid dienone is 1. The van der Waals surface area contributed by atoms with Crippen LogP contribution in [0.25, 0.3) is 0 Å². The van der Waals surface area contributed by atoms with E-state index >= 15 is 0 Å². The lowest BCUT2D eigenvalue weighted by Crippen LogP contribution is -2.55. The number of nitrogens with zero attached hydrogens (tertiary/aromatic N) is 3. The minimum atomic E-state index is -0.146. The van der Waals surface area contributed by atoms with E-state index in [1.54, 1.807) is 7.11 Å². The number of hydrogen-bond acceptors (Lipinski definition) is 6. The number of piperidine rings is 1. The number of amides is 1. The molecule has 1 amide bonds.